The van der Waals surface area contributed by atoms with E-state index in [2.05, 4.69) is 36.2 Å². The van der Waals surface area contributed by atoms with Crippen molar-refractivity contribution in [3.8, 4) is 5.88 Å². The highest BCUT2D eigenvalue weighted by Crippen LogP contribution is 2.40. The Balaban J connectivity index is 1.47. The first-order valence-corrected chi connectivity index (χ1v) is 10.4. The molecule has 0 saturated heterocycles. The number of carbonyl (C=O) groups is 2. The predicted octanol–water partition coefficient (Wildman–Crippen LogP) is 4.44. The minimum absolute atomic E-state index is 0.152. The summed E-state index contributed by atoms with van der Waals surface area (Å²) in [4.78, 5) is 28.7. The Hall–Kier alpha value is -3.75. The van der Waals surface area contributed by atoms with Gasteiger partial charge in [0.25, 0.3) is 5.91 Å². The summed E-state index contributed by atoms with van der Waals surface area (Å²) in [5, 5.41) is 9.43. The van der Waals surface area contributed by atoms with Gasteiger partial charge >= 0.3 is 6.09 Å². The van der Waals surface area contributed by atoms with Crippen molar-refractivity contribution in [1.82, 2.24) is 19.9 Å². The van der Waals surface area contributed by atoms with Crippen LogP contribution in [-0.4, -0.2) is 26.6 Å². The van der Waals surface area contributed by atoms with Crippen LogP contribution in [0, 0.1) is 0 Å². The highest BCUT2D eigenvalue weighted by molar-refractivity contribution is 6.01. The quantitative estimate of drug-likeness (QED) is 0.533. The molecular formula is C23H24FN5O3. The Morgan fingerprint density at radius 2 is 2.09 bits per heavy atom. The number of carbonyl (C=O) groups excluding carboxylic acids is 2. The number of benzene rings is 1. The standard InChI is InChI=1S/C23H24FN5O3/c1-13(2)18-12-26-29-20(10-19(16-7-8-16)28-21(18)29)32-23(31)25-11-15-5-4-6-17(9-15)27-22(30)14(3)24/h4-6,9-10,12-13,16H,3,7-8,11H2,1-2H3,(H,25,31)(H,27,30). The lowest BCUT2D eigenvalue weighted by molar-refractivity contribution is -0.114. The van der Waals surface area contributed by atoms with Crippen molar-refractivity contribution < 1.29 is 18.7 Å². The summed E-state index contributed by atoms with van der Waals surface area (Å²) in [5.74, 6) is -1.06. The maximum Gasteiger partial charge on any atom is 0.414 e. The van der Waals surface area contributed by atoms with Gasteiger partial charge in [-0.3, -0.25) is 4.79 Å². The van der Waals surface area contributed by atoms with Gasteiger partial charge in [-0.05, 0) is 36.5 Å². The van der Waals surface area contributed by atoms with Gasteiger partial charge in [-0.2, -0.15) is 9.61 Å². The van der Waals surface area contributed by atoms with Crippen LogP contribution in [0.15, 0.2) is 48.9 Å². The number of halogens is 1. The van der Waals surface area contributed by atoms with Crippen molar-refractivity contribution in [3.63, 3.8) is 0 Å². The Morgan fingerprint density at radius 3 is 2.78 bits per heavy atom. The monoisotopic (exact) mass is 437 g/mol. The number of rotatable bonds is 7. The molecule has 2 N–H and O–H groups in total. The fourth-order valence-corrected chi connectivity index (χ4v) is 3.30. The van der Waals surface area contributed by atoms with Crippen molar-refractivity contribution in [3.05, 3.63) is 65.8 Å². The van der Waals surface area contributed by atoms with E-state index in [4.69, 9.17) is 9.72 Å². The number of anilines is 1. The average molecular weight is 437 g/mol. The van der Waals surface area contributed by atoms with Crippen LogP contribution in [0.25, 0.3) is 5.65 Å². The normalized spacial score (nSPS) is 13.2. The molecule has 0 aliphatic heterocycles. The second-order valence-corrected chi connectivity index (χ2v) is 8.09. The number of nitrogens with zero attached hydrogens (tertiary/aromatic N) is 3. The number of nitrogens with one attached hydrogen (secondary N) is 2. The molecule has 9 heteroatoms. The Bertz CT molecular complexity index is 1200. The zero-order valence-electron chi connectivity index (χ0n) is 17.9. The third-order valence-electron chi connectivity index (χ3n) is 5.17. The maximum atomic E-state index is 12.9. The van der Waals surface area contributed by atoms with Crippen LogP contribution >= 0.6 is 0 Å². The van der Waals surface area contributed by atoms with Crippen molar-refractivity contribution in [1.29, 1.82) is 0 Å². The molecule has 0 spiro atoms. The van der Waals surface area contributed by atoms with Gasteiger partial charge in [-0.1, -0.05) is 32.6 Å². The molecule has 0 unspecified atom stereocenters. The zero-order chi connectivity index (χ0) is 22.8. The van der Waals surface area contributed by atoms with E-state index in [-0.39, 0.29) is 12.5 Å². The molecule has 1 aromatic carbocycles. The maximum absolute atomic E-state index is 12.9. The van der Waals surface area contributed by atoms with Gasteiger partial charge in [0.1, 0.15) is 0 Å². The first-order chi connectivity index (χ1) is 15.3. The number of ether oxygens (including phenoxy) is 1. The largest absolute Gasteiger partial charge is 0.414 e. The molecule has 8 nitrogen and oxygen atoms in total. The number of amides is 2. The second kappa shape index (κ2) is 8.78. The van der Waals surface area contributed by atoms with Crippen LogP contribution in [0.2, 0.25) is 0 Å². The fourth-order valence-electron chi connectivity index (χ4n) is 3.30. The minimum atomic E-state index is -1.08. The zero-order valence-corrected chi connectivity index (χ0v) is 17.9. The van der Waals surface area contributed by atoms with Gasteiger partial charge in [0.15, 0.2) is 11.5 Å². The highest BCUT2D eigenvalue weighted by Gasteiger charge is 2.28. The molecule has 0 radical (unpaired) electrons. The van der Waals surface area contributed by atoms with E-state index >= 15 is 0 Å². The lowest BCUT2D eigenvalue weighted by Gasteiger charge is -2.11. The Morgan fingerprint density at radius 1 is 1.31 bits per heavy atom. The molecule has 1 fully saturated rings. The molecule has 1 saturated carbocycles. The molecule has 1 aliphatic carbocycles. The van der Waals surface area contributed by atoms with Crippen LogP contribution in [0.4, 0.5) is 14.9 Å². The van der Waals surface area contributed by atoms with Crippen molar-refractivity contribution in [2.24, 2.45) is 0 Å². The molecular weight excluding hydrogens is 413 g/mol. The molecule has 3 aromatic rings. The van der Waals surface area contributed by atoms with E-state index in [0.29, 0.717) is 28.7 Å². The van der Waals surface area contributed by atoms with Gasteiger partial charge in [0.05, 0.1) is 11.9 Å². The molecule has 32 heavy (non-hydrogen) atoms. The Kier molecular flexibility index (Phi) is 5.89. The summed E-state index contributed by atoms with van der Waals surface area (Å²) in [5.41, 5.74) is 3.69. The van der Waals surface area contributed by atoms with Crippen LogP contribution in [0.5, 0.6) is 5.88 Å². The van der Waals surface area contributed by atoms with Gasteiger partial charge in [0.2, 0.25) is 5.88 Å². The number of aromatic nitrogens is 3. The lowest BCUT2D eigenvalue weighted by Crippen LogP contribution is -2.27. The number of hydrogen-bond donors (Lipinski definition) is 2. The molecule has 2 amide bonds. The number of fused-ring (bicyclic) bond motifs is 1. The van der Waals surface area contributed by atoms with Crippen molar-refractivity contribution in [2.75, 3.05) is 5.32 Å². The first-order valence-electron chi connectivity index (χ1n) is 10.4. The molecule has 2 aromatic heterocycles. The van der Waals surface area contributed by atoms with Gasteiger partial charge in [-0.15, -0.1) is 0 Å². The third kappa shape index (κ3) is 4.77. The molecule has 0 atom stereocenters. The Labute approximate surface area is 184 Å². The van der Waals surface area contributed by atoms with E-state index in [1.165, 1.54) is 0 Å². The van der Waals surface area contributed by atoms with E-state index in [1.54, 1.807) is 41.0 Å². The third-order valence-corrected chi connectivity index (χ3v) is 5.17. The molecule has 1 aliphatic rings. The topological polar surface area (TPSA) is 97.6 Å². The average Bonchev–Trinajstić information content (AvgIpc) is 3.51. The summed E-state index contributed by atoms with van der Waals surface area (Å²) < 4.78 is 20.0. The van der Waals surface area contributed by atoms with Gasteiger partial charge in [0, 0.05) is 29.8 Å². The number of hydrogen-bond acceptors (Lipinski definition) is 5. The van der Waals surface area contributed by atoms with Crippen LogP contribution < -0.4 is 15.4 Å². The summed E-state index contributed by atoms with van der Waals surface area (Å²) in [7, 11) is 0. The first kappa shape index (κ1) is 21.5. The summed E-state index contributed by atoms with van der Waals surface area (Å²) in [6.07, 6.45) is 3.25. The second-order valence-electron chi connectivity index (χ2n) is 8.09. The lowest BCUT2D eigenvalue weighted by atomic mass is 10.1. The van der Waals surface area contributed by atoms with Crippen LogP contribution in [0.3, 0.4) is 0 Å². The van der Waals surface area contributed by atoms with E-state index in [1.807, 2.05) is 0 Å². The van der Waals surface area contributed by atoms with Crippen LogP contribution in [0.1, 0.15) is 55.3 Å². The summed E-state index contributed by atoms with van der Waals surface area (Å²) >= 11 is 0. The molecule has 0 bridgehead atoms. The smallest absolute Gasteiger partial charge is 0.391 e. The van der Waals surface area contributed by atoms with Crippen molar-refractivity contribution in [2.45, 2.75) is 45.1 Å². The van der Waals surface area contributed by atoms with E-state index in [0.717, 1.165) is 24.1 Å². The van der Waals surface area contributed by atoms with E-state index < -0.39 is 17.8 Å². The molecule has 166 valence electrons. The minimum Gasteiger partial charge on any atom is -0.391 e. The molecule has 2 heterocycles. The van der Waals surface area contributed by atoms with Crippen LogP contribution in [-0.2, 0) is 11.3 Å². The fraction of sp³-hybridized carbons (Fsp3) is 0.304. The molecule has 4 rings (SSSR count). The van der Waals surface area contributed by atoms with Gasteiger partial charge < -0.3 is 15.4 Å². The SMILES string of the molecule is C=C(F)C(=O)Nc1cccc(CNC(=O)Oc2cc(C3CC3)nc3c(C(C)C)cnn23)c1. The van der Waals surface area contributed by atoms with Crippen molar-refractivity contribution >= 4 is 23.3 Å². The van der Waals surface area contributed by atoms with E-state index in [9.17, 15) is 14.0 Å². The highest BCUT2D eigenvalue weighted by atomic mass is 19.1. The predicted molar refractivity (Wildman–Crippen MR) is 117 cm³/mol. The van der Waals surface area contributed by atoms with Gasteiger partial charge in [-0.25, -0.2) is 14.2 Å². The summed E-state index contributed by atoms with van der Waals surface area (Å²) in [6.45, 7) is 7.25. The summed E-state index contributed by atoms with van der Waals surface area (Å²) in [6, 6.07) is 8.45.